The minimum atomic E-state index is 1.20. The van der Waals surface area contributed by atoms with E-state index in [4.69, 9.17) is 6.58 Å². The van der Waals surface area contributed by atoms with Crippen LogP contribution in [-0.4, -0.2) is 0 Å². The van der Waals surface area contributed by atoms with Crippen LogP contribution in [0.4, 0.5) is 0 Å². The lowest BCUT2D eigenvalue weighted by Crippen LogP contribution is -1.81. The molecular weight excluding hydrogens is 240 g/mol. The number of unbranched alkanes of at least 4 members (excludes halogenated alkanes) is 10. The van der Waals surface area contributed by atoms with Gasteiger partial charge in [-0.25, -0.2) is 0 Å². The van der Waals surface area contributed by atoms with Gasteiger partial charge in [-0.15, -0.1) is 0 Å². The Bertz CT molecular complexity index is 268. The molecule has 0 nitrogen and oxygen atoms in total. The SMILES string of the molecule is [CH]=CC=CC=CC=CCCCCCCCCCCCC. The number of hydrogen-bond acceptors (Lipinski definition) is 0. The van der Waals surface area contributed by atoms with Crippen LogP contribution in [0.2, 0.25) is 0 Å². The summed E-state index contributed by atoms with van der Waals surface area (Å²) < 4.78 is 0. The third-order valence-corrected chi connectivity index (χ3v) is 3.42. The van der Waals surface area contributed by atoms with Crippen LogP contribution in [0.25, 0.3) is 0 Å². The molecule has 0 aromatic heterocycles. The zero-order valence-electron chi connectivity index (χ0n) is 13.4. The Labute approximate surface area is 127 Å². The number of rotatable bonds is 14. The Morgan fingerprint density at radius 1 is 0.600 bits per heavy atom. The fourth-order valence-electron chi connectivity index (χ4n) is 2.18. The molecule has 0 aliphatic rings. The minimum absolute atomic E-state index is 1.20. The highest BCUT2D eigenvalue weighted by Gasteiger charge is 1.91. The second kappa shape index (κ2) is 18.0. The van der Waals surface area contributed by atoms with Crippen LogP contribution < -0.4 is 0 Å². The van der Waals surface area contributed by atoms with Crippen LogP contribution in [0.5, 0.6) is 0 Å². The smallest absolute Gasteiger partial charge is 0.0348 e. The molecule has 0 spiro atoms. The fraction of sp³-hybridized carbons (Fsp3) is 0.600. The molecule has 0 N–H and O–H groups in total. The summed E-state index contributed by atoms with van der Waals surface area (Å²) in [7, 11) is 0. The van der Waals surface area contributed by atoms with E-state index >= 15 is 0 Å². The van der Waals surface area contributed by atoms with Crippen molar-refractivity contribution < 1.29 is 0 Å². The van der Waals surface area contributed by atoms with E-state index in [-0.39, 0.29) is 0 Å². The molecule has 0 rings (SSSR count). The molecule has 0 bridgehead atoms. The lowest BCUT2D eigenvalue weighted by Gasteiger charge is -2.01. The molecule has 0 heteroatoms. The molecule has 0 aromatic carbocycles. The maximum Gasteiger partial charge on any atom is -0.0348 e. The molecule has 0 saturated heterocycles. The zero-order chi connectivity index (χ0) is 14.7. The van der Waals surface area contributed by atoms with Gasteiger partial charge < -0.3 is 0 Å². The predicted octanol–water partition coefficient (Wildman–Crippen LogP) is 6.96. The highest BCUT2D eigenvalue weighted by Crippen LogP contribution is 2.11. The van der Waals surface area contributed by atoms with Gasteiger partial charge in [-0.2, -0.15) is 0 Å². The summed E-state index contributed by atoms with van der Waals surface area (Å²) in [6.45, 7) is 7.50. The Kier molecular flexibility index (Phi) is 17.0. The minimum Gasteiger partial charge on any atom is -0.0845 e. The summed E-state index contributed by atoms with van der Waals surface area (Å²) >= 11 is 0. The quantitative estimate of drug-likeness (QED) is 0.237. The average Bonchev–Trinajstić information content (AvgIpc) is 2.47. The largest absolute Gasteiger partial charge is 0.0845 e. The summed E-state index contributed by atoms with van der Waals surface area (Å²) in [4.78, 5) is 0. The van der Waals surface area contributed by atoms with Crippen molar-refractivity contribution in [1.82, 2.24) is 0 Å². The van der Waals surface area contributed by atoms with Crippen molar-refractivity contribution in [3.8, 4) is 0 Å². The van der Waals surface area contributed by atoms with Crippen molar-refractivity contribution >= 4 is 0 Å². The van der Waals surface area contributed by atoms with Crippen molar-refractivity contribution in [3.63, 3.8) is 0 Å². The van der Waals surface area contributed by atoms with Crippen LogP contribution in [0.3, 0.4) is 0 Å². The van der Waals surface area contributed by atoms with Crippen molar-refractivity contribution in [1.29, 1.82) is 0 Å². The lowest BCUT2D eigenvalue weighted by atomic mass is 10.1. The van der Waals surface area contributed by atoms with Crippen LogP contribution in [0, 0.1) is 6.58 Å². The fourth-order valence-corrected chi connectivity index (χ4v) is 2.18. The van der Waals surface area contributed by atoms with E-state index in [2.05, 4.69) is 25.2 Å². The van der Waals surface area contributed by atoms with Crippen molar-refractivity contribution in [3.05, 3.63) is 49.1 Å². The Morgan fingerprint density at radius 3 is 1.70 bits per heavy atom. The second-order valence-electron chi connectivity index (χ2n) is 5.36. The molecule has 0 fully saturated rings. The first-order valence-corrected chi connectivity index (χ1v) is 8.45. The number of allylic oxidation sites excluding steroid dienone is 7. The Morgan fingerprint density at radius 2 is 1.10 bits per heavy atom. The molecule has 0 aliphatic heterocycles. The van der Waals surface area contributed by atoms with E-state index in [1.807, 2.05) is 18.2 Å². The van der Waals surface area contributed by atoms with Crippen molar-refractivity contribution in [2.45, 2.75) is 77.6 Å². The van der Waals surface area contributed by atoms with Gasteiger partial charge in [0.15, 0.2) is 0 Å². The first-order chi connectivity index (χ1) is 9.91. The van der Waals surface area contributed by atoms with Crippen molar-refractivity contribution in [2.75, 3.05) is 0 Å². The number of hydrogen-bond donors (Lipinski definition) is 0. The third-order valence-electron chi connectivity index (χ3n) is 3.42. The summed E-state index contributed by atoms with van der Waals surface area (Å²) in [6, 6.07) is 0. The van der Waals surface area contributed by atoms with Gasteiger partial charge in [-0.05, 0) is 12.8 Å². The van der Waals surface area contributed by atoms with Gasteiger partial charge in [0.25, 0.3) is 0 Å². The monoisotopic (exact) mass is 273 g/mol. The van der Waals surface area contributed by atoms with E-state index < -0.39 is 0 Å². The van der Waals surface area contributed by atoms with Crippen LogP contribution in [-0.2, 0) is 0 Å². The maximum atomic E-state index is 5.23. The molecule has 0 saturated carbocycles. The van der Waals surface area contributed by atoms with E-state index in [0.717, 1.165) is 0 Å². The normalized spacial score (nSPS) is 12.1. The van der Waals surface area contributed by atoms with Gasteiger partial charge >= 0.3 is 0 Å². The predicted molar refractivity (Wildman–Crippen MR) is 92.8 cm³/mol. The van der Waals surface area contributed by atoms with Gasteiger partial charge in [0.1, 0.15) is 0 Å². The molecule has 0 aromatic rings. The molecule has 1 radical (unpaired) electrons. The molecule has 0 aliphatic carbocycles. The zero-order valence-corrected chi connectivity index (χ0v) is 13.4. The van der Waals surface area contributed by atoms with E-state index in [0.29, 0.717) is 0 Å². The Balaban J connectivity index is 3.16. The highest BCUT2D eigenvalue weighted by atomic mass is 14.0. The van der Waals surface area contributed by atoms with E-state index in [1.165, 1.54) is 76.7 Å². The van der Waals surface area contributed by atoms with E-state index in [1.54, 1.807) is 0 Å². The second-order valence-corrected chi connectivity index (χ2v) is 5.36. The molecule has 0 atom stereocenters. The van der Waals surface area contributed by atoms with E-state index in [9.17, 15) is 0 Å². The average molecular weight is 273 g/mol. The van der Waals surface area contributed by atoms with Gasteiger partial charge in [-0.3, -0.25) is 0 Å². The van der Waals surface area contributed by atoms with Gasteiger partial charge in [-0.1, -0.05) is 114 Å². The first kappa shape index (κ1) is 19.0. The third kappa shape index (κ3) is 17.0. The standard InChI is InChI=1S/C20H33/c1-3-5-7-9-11-13-15-17-19-20-18-16-14-12-10-8-6-4-2/h1,3,5,7,9,11,13,15H,4,6,8,10,12,14,16-20H2,2H3. The Hall–Kier alpha value is -1.04. The maximum absolute atomic E-state index is 5.23. The van der Waals surface area contributed by atoms with Gasteiger partial charge in [0.2, 0.25) is 0 Å². The summed E-state index contributed by atoms with van der Waals surface area (Å²) in [5.41, 5.74) is 0. The molecule has 0 heterocycles. The topological polar surface area (TPSA) is 0 Å². The van der Waals surface area contributed by atoms with Crippen LogP contribution in [0.15, 0.2) is 42.5 Å². The molecular formula is C20H33. The molecule has 0 unspecified atom stereocenters. The van der Waals surface area contributed by atoms with Crippen LogP contribution in [0.1, 0.15) is 77.6 Å². The summed E-state index contributed by atoms with van der Waals surface area (Å²) in [5, 5.41) is 0. The molecule has 0 amide bonds. The van der Waals surface area contributed by atoms with Crippen molar-refractivity contribution in [2.24, 2.45) is 0 Å². The first-order valence-electron chi connectivity index (χ1n) is 8.45. The molecule has 20 heavy (non-hydrogen) atoms. The van der Waals surface area contributed by atoms with Crippen LogP contribution >= 0.6 is 0 Å². The summed E-state index contributed by atoms with van der Waals surface area (Å²) in [6.07, 6.45) is 29.0. The highest BCUT2D eigenvalue weighted by molar-refractivity contribution is 5.13. The summed E-state index contributed by atoms with van der Waals surface area (Å²) in [5.74, 6) is 0. The van der Waals surface area contributed by atoms with Gasteiger partial charge in [0, 0.05) is 0 Å². The van der Waals surface area contributed by atoms with Gasteiger partial charge in [0.05, 0.1) is 0 Å². The molecule has 113 valence electrons. The lowest BCUT2D eigenvalue weighted by molar-refractivity contribution is 0.557.